The quantitative estimate of drug-likeness (QED) is 0.857. The molecule has 0 aliphatic rings. The van der Waals surface area contributed by atoms with E-state index in [4.69, 9.17) is 4.42 Å². The zero-order valence-corrected chi connectivity index (χ0v) is 13.0. The lowest BCUT2D eigenvalue weighted by Gasteiger charge is -2.20. The third-order valence-corrected chi connectivity index (χ3v) is 3.89. The highest BCUT2D eigenvalue weighted by Gasteiger charge is 2.20. The molecule has 0 saturated heterocycles. The van der Waals surface area contributed by atoms with Gasteiger partial charge in [-0.05, 0) is 41.5 Å². The molecule has 1 aromatic carbocycles. The van der Waals surface area contributed by atoms with Gasteiger partial charge >= 0.3 is 0 Å². The van der Waals surface area contributed by atoms with Crippen LogP contribution in [0.2, 0.25) is 0 Å². The Bertz CT molecular complexity index is 579. The van der Waals surface area contributed by atoms with Crippen molar-refractivity contribution in [1.82, 2.24) is 0 Å². The molecule has 0 saturated carbocycles. The average molecular weight is 272 g/mol. The molecule has 0 amide bonds. The molecule has 2 rings (SSSR count). The van der Waals surface area contributed by atoms with Gasteiger partial charge in [0.2, 0.25) is 0 Å². The van der Waals surface area contributed by atoms with Gasteiger partial charge in [-0.1, -0.05) is 45.9 Å². The number of furan rings is 1. The molecule has 0 aliphatic heterocycles. The van der Waals surface area contributed by atoms with Crippen LogP contribution in [0.4, 0.5) is 0 Å². The van der Waals surface area contributed by atoms with E-state index in [-0.39, 0.29) is 0 Å². The van der Waals surface area contributed by atoms with E-state index in [1.165, 1.54) is 11.1 Å². The van der Waals surface area contributed by atoms with E-state index in [1.807, 2.05) is 13.0 Å². The molecule has 1 N–H and O–H groups in total. The van der Waals surface area contributed by atoms with Crippen LogP contribution in [0, 0.1) is 6.92 Å². The largest absolute Gasteiger partial charge is 0.469 e. The van der Waals surface area contributed by atoms with E-state index in [2.05, 4.69) is 45.9 Å². The fourth-order valence-corrected chi connectivity index (χ4v) is 2.55. The minimum Gasteiger partial charge on any atom is -0.469 e. The van der Waals surface area contributed by atoms with Gasteiger partial charge in [0.1, 0.15) is 11.9 Å². The van der Waals surface area contributed by atoms with Crippen LogP contribution in [0.15, 0.2) is 34.9 Å². The summed E-state index contributed by atoms with van der Waals surface area (Å²) in [4.78, 5) is 0. The molecule has 108 valence electrons. The molecule has 0 radical (unpaired) electrons. The molecule has 0 bridgehead atoms. The highest BCUT2D eigenvalue weighted by Crippen LogP contribution is 2.33. The Balaban J connectivity index is 2.48. The second kappa shape index (κ2) is 5.84. The predicted molar refractivity (Wildman–Crippen MR) is 82.1 cm³/mol. The Morgan fingerprint density at radius 2 is 1.60 bits per heavy atom. The molecular weight excluding hydrogens is 248 g/mol. The van der Waals surface area contributed by atoms with E-state index in [0.717, 1.165) is 16.9 Å². The summed E-state index contributed by atoms with van der Waals surface area (Å²) in [5.41, 5.74) is 4.36. The van der Waals surface area contributed by atoms with Gasteiger partial charge in [0, 0.05) is 5.56 Å². The lowest BCUT2D eigenvalue weighted by atomic mass is 9.87. The number of hydrogen-bond acceptors (Lipinski definition) is 2. The maximum atomic E-state index is 10.7. The van der Waals surface area contributed by atoms with Crippen LogP contribution >= 0.6 is 0 Å². The first-order valence-corrected chi connectivity index (χ1v) is 7.27. The highest BCUT2D eigenvalue weighted by atomic mass is 16.3. The molecule has 2 nitrogen and oxygen atoms in total. The van der Waals surface area contributed by atoms with Gasteiger partial charge in [0.25, 0.3) is 0 Å². The monoisotopic (exact) mass is 272 g/mol. The van der Waals surface area contributed by atoms with Crippen LogP contribution in [-0.4, -0.2) is 5.11 Å². The summed E-state index contributed by atoms with van der Waals surface area (Å²) in [6.07, 6.45) is 1.01. The maximum Gasteiger partial charge on any atom is 0.108 e. The van der Waals surface area contributed by atoms with Crippen LogP contribution in [0.1, 0.15) is 73.6 Å². The van der Waals surface area contributed by atoms with Crippen LogP contribution in [-0.2, 0) is 0 Å². The maximum absolute atomic E-state index is 10.7. The Morgan fingerprint density at radius 1 is 0.900 bits per heavy atom. The van der Waals surface area contributed by atoms with Gasteiger partial charge in [0.05, 0.1) is 6.26 Å². The zero-order chi connectivity index (χ0) is 14.9. The van der Waals surface area contributed by atoms with E-state index in [1.54, 1.807) is 6.26 Å². The summed E-state index contributed by atoms with van der Waals surface area (Å²) in [5, 5.41) is 10.7. The normalized spacial score (nSPS) is 13.2. The van der Waals surface area contributed by atoms with E-state index >= 15 is 0 Å². The minimum atomic E-state index is -0.618. The lowest BCUT2D eigenvalue weighted by Crippen LogP contribution is -2.06. The van der Waals surface area contributed by atoms with Crippen molar-refractivity contribution in [2.75, 3.05) is 0 Å². The third kappa shape index (κ3) is 2.80. The molecule has 1 unspecified atom stereocenters. The van der Waals surface area contributed by atoms with Crippen LogP contribution in [0.25, 0.3) is 0 Å². The van der Waals surface area contributed by atoms with Crippen molar-refractivity contribution in [3.63, 3.8) is 0 Å². The number of aryl methyl sites for hydroxylation is 1. The molecular formula is C18H24O2. The van der Waals surface area contributed by atoms with Crippen LogP contribution in [0.5, 0.6) is 0 Å². The van der Waals surface area contributed by atoms with Crippen molar-refractivity contribution in [3.8, 4) is 0 Å². The summed E-state index contributed by atoms with van der Waals surface area (Å²) in [5.74, 6) is 1.65. The van der Waals surface area contributed by atoms with Crippen LogP contribution in [0.3, 0.4) is 0 Å². The van der Waals surface area contributed by atoms with Crippen molar-refractivity contribution in [2.24, 2.45) is 0 Å². The lowest BCUT2D eigenvalue weighted by molar-refractivity contribution is 0.216. The van der Waals surface area contributed by atoms with Gasteiger partial charge in [-0.25, -0.2) is 0 Å². The third-order valence-electron chi connectivity index (χ3n) is 3.89. The first-order valence-electron chi connectivity index (χ1n) is 7.27. The predicted octanol–water partition coefficient (Wildman–Crippen LogP) is 4.92. The number of aliphatic hydroxyl groups is 1. The molecule has 1 heterocycles. The summed E-state index contributed by atoms with van der Waals surface area (Å²) >= 11 is 0. The van der Waals surface area contributed by atoms with Crippen molar-refractivity contribution in [3.05, 3.63) is 58.5 Å². The number of benzene rings is 1. The Hall–Kier alpha value is -1.54. The molecule has 0 fully saturated rings. The fraction of sp³-hybridized carbons (Fsp3) is 0.444. The first-order chi connectivity index (χ1) is 9.41. The summed E-state index contributed by atoms with van der Waals surface area (Å²) in [7, 11) is 0. The molecule has 0 aliphatic carbocycles. The summed E-state index contributed by atoms with van der Waals surface area (Å²) in [6, 6.07) is 8.25. The molecule has 0 spiro atoms. The fourth-order valence-electron chi connectivity index (χ4n) is 2.55. The van der Waals surface area contributed by atoms with Crippen molar-refractivity contribution in [2.45, 2.75) is 52.6 Å². The average Bonchev–Trinajstić information content (AvgIpc) is 2.83. The number of rotatable bonds is 4. The van der Waals surface area contributed by atoms with Crippen molar-refractivity contribution in [1.29, 1.82) is 0 Å². The zero-order valence-electron chi connectivity index (χ0n) is 13.0. The van der Waals surface area contributed by atoms with Gasteiger partial charge in [-0.3, -0.25) is 0 Å². The number of hydrogen-bond donors (Lipinski definition) is 1. The Labute approximate surface area is 121 Å². The van der Waals surface area contributed by atoms with Gasteiger partial charge in [0.15, 0.2) is 0 Å². The second-order valence-electron chi connectivity index (χ2n) is 6.03. The molecule has 2 heteroatoms. The van der Waals surface area contributed by atoms with E-state index < -0.39 is 6.10 Å². The molecule has 20 heavy (non-hydrogen) atoms. The smallest absolute Gasteiger partial charge is 0.108 e. The van der Waals surface area contributed by atoms with Gasteiger partial charge in [-0.15, -0.1) is 0 Å². The van der Waals surface area contributed by atoms with Gasteiger partial charge in [-0.2, -0.15) is 0 Å². The first kappa shape index (κ1) is 14.9. The molecule has 1 atom stereocenters. The summed E-state index contributed by atoms with van der Waals surface area (Å²) in [6.45, 7) is 10.6. The van der Waals surface area contributed by atoms with Crippen molar-refractivity contribution >= 4 is 0 Å². The minimum absolute atomic E-state index is 0.380. The SMILES string of the molecule is Cc1occc1C(O)c1ccc(C(C)C)cc1C(C)C. The Kier molecular flexibility index (Phi) is 4.34. The van der Waals surface area contributed by atoms with E-state index in [0.29, 0.717) is 11.8 Å². The second-order valence-corrected chi connectivity index (χ2v) is 6.03. The number of aliphatic hydroxyl groups excluding tert-OH is 1. The summed E-state index contributed by atoms with van der Waals surface area (Å²) < 4.78 is 5.31. The molecule has 1 aromatic heterocycles. The topological polar surface area (TPSA) is 33.4 Å². The standard InChI is InChI=1S/C18H24O2/c1-11(2)14-6-7-16(17(10-14)12(3)4)18(19)15-8-9-20-13(15)5/h6-12,18-19H,1-5H3. The highest BCUT2D eigenvalue weighted by molar-refractivity contribution is 5.41. The molecule has 2 aromatic rings. The van der Waals surface area contributed by atoms with Crippen molar-refractivity contribution < 1.29 is 9.52 Å². The van der Waals surface area contributed by atoms with E-state index in [9.17, 15) is 5.11 Å². The van der Waals surface area contributed by atoms with Gasteiger partial charge < -0.3 is 9.52 Å². The Morgan fingerprint density at radius 3 is 2.10 bits per heavy atom. The van der Waals surface area contributed by atoms with Crippen LogP contribution < -0.4 is 0 Å².